The van der Waals surface area contributed by atoms with E-state index in [1.165, 1.54) is 18.1 Å². The van der Waals surface area contributed by atoms with Crippen LogP contribution in [0.5, 0.6) is 17.2 Å². The maximum atomic E-state index is 13.7. The molecular formula is C35H40N2O8S. The summed E-state index contributed by atoms with van der Waals surface area (Å²) in [6.45, 7) is 12.5. The number of rotatable bonds is 15. The molecule has 10 nitrogen and oxygen atoms in total. The number of aliphatic hydroxyl groups is 1. The molecule has 0 bridgehead atoms. The van der Waals surface area contributed by atoms with Gasteiger partial charge in [-0.2, -0.15) is 0 Å². The highest BCUT2D eigenvalue weighted by Crippen LogP contribution is 2.45. The number of Topliss-reactive ketones (excluding diaryl/α,β-unsaturated/α-hetero) is 1. The lowest BCUT2D eigenvalue weighted by Gasteiger charge is -2.24. The molecule has 1 aromatic heterocycles. The molecule has 1 atom stereocenters. The summed E-state index contributed by atoms with van der Waals surface area (Å²) in [6, 6.07) is 10.7. The van der Waals surface area contributed by atoms with E-state index >= 15 is 0 Å². The lowest BCUT2D eigenvalue weighted by atomic mass is 9.95. The Morgan fingerprint density at radius 3 is 2.50 bits per heavy atom. The monoisotopic (exact) mass is 648 g/mol. The van der Waals surface area contributed by atoms with Crippen molar-refractivity contribution in [1.82, 2.24) is 4.98 Å². The van der Waals surface area contributed by atoms with E-state index in [1.54, 1.807) is 49.4 Å². The molecule has 1 amide bonds. The van der Waals surface area contributed by atoms with Gasteiger partial charge in [0.05, 0.1) is 37.6 Å². The Bertz CT molecular complexity index is 1610. The molecule has 46 heavy (non-hydrogen) atoms. The van der Waals surface area contributed by atoms with E-state index in [2.05, 4.69) is 32.3 Å². The van der Waals surface area contributed by atoms with Gasteiger partial charge in [0, 0.05) is 5.56 Å². The number of aliphatic hydroxyl groups excluding tert-OH is 1. The van der Waals surface area contributed by atoms with Gasteiger partial charge in [0.25, 0.3) is 5.78 Å². The SMILES string of the molecule is C=CCOC(=O)c1sc(N2C(=O)C(=O)C(=C(O)c3ccc(OCCCC)cc3)[C@H]2c2ccc(OCCC(C)C)c(OC)c2)nc1C. The minimum atomic E-state index is -1.10. The van der Waals surface area contributed by atoms with Gasteiger partial charge < -0.3 is 24.1 Å². The fourth-order valence-corrected chi connectivity index (χ4v) is 5.78. The Hall–Kier alpha value is -4.64. The molecule has 2 heterocycles. The van der Waals surface area contributed by atoms with Gasteiger partial charge in [-0.1, -0.05) is 57.3 Å². The van der Waals surface area contributed by atoms with E-state index in [4.69, 9.17) is 18.9 Å². The number of benzene rings is 2. The molecule has 4 rings (SSSR count). The van der Waals surface area contributed by atoms with E-state index in [1.807, 2.05) is 0 Å². The second-order valence-corrected chi connectivity index (χ2v) is 12.1. The Kier molecular flexibility index (Phi) is 11.6. The molecule has 0 radical (unpaired) electrons. The fraction of sp³-hybridized carbons (Fsp3) is 0.371. The molecule has 1 aliphatic rings. The summed E-state index contributed by atoms with van der Waals surface area (Å²) < 4.78 is 22.5. The van der Waals surface area contributed by atoms with Gasteiger partial charge in [-0.15, -0.1) is 0 Å². The Balaban J connectivity index is 1.82. The Morgan fingerprint density at radius 1 is 1.11 bits per heavy atom. The molecule has 0 aliphatic carbocycles. The number of nitrogens with zero attached hydrogens (tertiary/aromatic N) is 2. The molecule has 1 saturated heterocycles. The number of ether oxygens (including phenoxy) is 4. The van der Waals surface area contributed by atoms with Crippen LogP contribution < -0.4 is 19.1 Å². The number of aryl methyl sites for hydroxylation is 1. The second kappa shape index (κ2) is 15.6. The normalized spacial score (nSPS) is 15.7. The van der Waals surface area contributed by atoms with Crippen LogP contribution >= 0.6 is 11.3 Å². The van der Waals surface area contributed by atoms with Gasteiger partial charge in [0.15, 0.2) is 16.6 Å². The maximum absolute atomic E-state index is 13.7. The lowest BCUT2D eigenvalue weighted by Crippen LogP contribution is -2.29. The van der Waals surface area contributed by atoms with Crippen LogP contribution in [0.3, 0.4) is 0 Å². The number of amides is 1. The van der Waals surface area contributed by atoms with Crippen molar-refractivity contribution < 1.29 is 38.4 Å². The molecule has 1 aliphatic heterocycles. The minimum absolute atomic E-state index is 0.00381. The van der Waals surface area contributed by atoms with Crippen LogP contribution in [0.25, 0.3) is 5.76 Å². The summed E-state index contributed by atoms with van der Waals surface area (Å²) in [7, 11) is 1.50. The zero-order chi connectivity index (χ0) is 33.4. The van der Waals surface area contributed by atoms with Gasteiger partial charge in [-0.05, 0) is 67.6 Å². The molecule has 3 aromatic rings. The largest absolute Gasteiger partial charge is 0.507 e. The number of carbonyl (C=O) groups is 3. The average molecular weight is 649 g/mol. The third-order valence-electron chi connectivity index (χ3n) is 7.30. The number of methoxy groups -OCH3 is 1. The maximum Gasteiger partial charge on any atom is 0.350 e. The van der Waals surface area contributed by atoms with E-state index in [9.17, 15) is 19.5 Å². The smallest absolute Gasteiger partial charge is 0.350 e. The standard InChI is InChI=1S/C35H40N2O8S/c1-7-9-18-43-25-13-10-23(11-14-25)30(38)28-29(24-12-15-26(27(20-24)42-6)44-19-16-21(3)4)37(33(40)31(28)39)35-36-22(5)32(46-35)34(41)45-17-8-2/h8,10-15,20-21,29,38H,2,7,9,16-19H2,1,3-6H3/t29-/m1/s1. The summed E-state index contributed by atoms with van der Waals surface area (Å²) in [5.41, 5.74) is 0.996. The van der Waals surface area contributed by atoms with Gasteiger partial charge in [-0.3, -0.25) is 14.5 Å². The van der Waals surface area contributed by atoms with Crippen LogP contribution in [0, 0.1) is 12.8 Å². The first kappa shape index (κ1) is 34.2. The minimum Gasteiger partial charge on any atom is -0.507 e. The third kappa shape index (κ3) is 7.59. The predicted molar refractivity (Wildman–Crippen MR) is 177 cm³/mol. The number of thiazole rings is 1. The highest BCUT2D eigenvalue weighted by atomic mass is 32.1. The van der Waals surface area contributed by atoms with E-state index in [0.717, 1.165) is 30.6 Å². The number of unbranched alkanes of at least 4 members (excludes halogenated alkanes) is 1. The zero-order valence-corrected chi connectivity index (χ0v) is 27.6. The van der Waals surface area contributed by atoms with Crippen LogP contribution in [-0.4, -0.2) is 54.7 Å². The Labute approximate surface area is 273 Å². The number of anilines is 1. The molecule has 244 valence electrons. The highest BCUT2D eigenvalue weighted by molar-refractivity contribution is 7.17. The third-order valence-corrected chi connectivity index (χ3v) is 8.44. The summed E-state index contributed by atoms with van der Waals surface area (Å²) in [6.07, 6.45) is 4.18. The molecule has 0 spiro atoms. The summed E-state index contributed by atoms with van der Waals surface area (Å²) in [5, 5.41) is 11.7. The van der Waals surface area contributed by atoms with Crippen molar-refractivity contribution in [3.63, 3.8) is 0 Å². The first-order valence-corrected chi connectivity index (χ1v) is 16.0. The van der Waals surface area contributed by atoms with Gasteiger partial charge in [0.1, 0.15) is 23.0 Å². The van der Waals surface area contributed by atoms with E-state index in [0.29, 0.717) is 53.2 Å². The van der Waals surface area contributed by atoms with E-state index in [-0.39, 0.29) is 27.9 Å². The topological polar surface area (TPSA) is 124 Å². The van der Waals surface area contributed by atoms with Crippen molar-refractivity contribution in [2.45, 2.75) is 53.0 Å². The number of aromatic nitrogens is 1. The van der Waals surface area contributed by atoms with Crippen LogP contribution in [0.2, 0.25) is 0 Å². The number of esters is 1. The van der Waals surface area contributed by atoms with Gasteiger partial charge >= 0.3 is 11.9 Å². The second-order valence-electron chi connectivity index (χ2n) is 11.1. The summed E-state index contributed by atoms with van der Waals surface area (Å²) >= 11 is 0.924. The van der Waals surface area contributed by atoms with Crippen LogP contribution in [0.15, 0.2) is 60.7 Å². The zero-order valence-electron chi connectivity index (χ0n) is 26.8. The molecule has 11 heteroatoms. The quantitative estimate of drug-likeness (QED) is 0.0462. The summed E-state index contributed by atoms with van der Waals surface area (Å²) in [4.78, 5) is 46.0. The average Bonchev–Trinajstić information content (AvgIpc) is 3.55. The predicted octanol–water partition coefficient (Wildman–Crippen LogP) is 7.03. The molecular weight excluding hydrogens is 608 g/mol. The van der Waals surface area contributed by atoms with Crippen LogP contribution in [0.4, 0.5) is 5.13 Å². The van der Waals surface area contributed by atoms with Gasteiger partial charge in [-0.25, -0.2) is 9.78 Å². The van der Waals surface area contributed by atoms with Crippen molar-refractivity contribution in [3.05, 3.63) is 82.4 Å². The molecule has 0 unspecified atom stereocenters. The lowest BCUT2D eigenvalue weighted by molar-refractivity contribution is -0.132. The van der Waals surface area contributed by atoms with Gasteiger partial charge in [0.2, 0.25) is 0 Å². The molecule has 1 fully saturated rings. The van der Waals surface area contributed by atoms with Crippen molar-refractivity contribution in [3.8, 4) is 17.2 Å². The van der Waals surface area contributed by atoms with Crippen molar-refractivity contribution in [2.24, 2.45) is 5.92 Å². The van der Waals surface area contributed by atoms with Crippen LogP contribution in [0.1, 0.15) is 72.6 Å². The van der Waals surface area contributed by atoms with Crippen molar-refractivity contribution in [1.29, 1.82) is 0 Å². The number of ketones is 1. The number of hydrogen-bond donors (Lipinski definition) is 1. The first-order chi connectivity index (χ1) is 22.1. The summed E-state index contributed by atoms with van der Waals surface area (Å²) in [5.74, 6) is -0.824. The molecule has 2 aromatic carbocycles. The number of hydrogen-bond acceptors (Lipinski definition) is 10. The van der Waals surface area contributed by atoms with Crippen molar-refractivity contribution >= 4 is 39.9 Å². The van der Waals surface area contributed by atoms with Crippen molar-refractivity contribution in [2.75, 3.05) is 31.8 Å². The van der Waals surface area contributed by atoms with Crippen LogP contribution in [-0.2, 0) is 14.3 Å². The van der Waals surface area contributed by atoms with E-state index < -0.39 is 23.7 Å². The molecule has 1 N–H and O–H groups in total. The fourth-order valence-electron chi connectivity index (χ4n) is 4.80. The first-order valence-electron chi connectivity index (χ1n) is 15.2. The molecule has 0 saturated carbocycles. The Morgan fingerprint density at radius 2 is 1.85 bits per heavy atom. The number of carbonyl (C=O) groups excluding carboxylic acids is 3. The highest BCUT2D eigenvalue weighted by Gasteiger charge is 2.48.